The van der Waals surface area contributed by atoms with Crippen LogP contribution in [0.1, 0.15) is 37.3 Å². The Morgan fingerprint density at radius 1 is 0.969 bits per heavy atom. The molecule has 8 heteroatoms. The van der Waals surface area contributed by atoms with Crippen LogP contribution in [0.2, 0.25) is 10.0 Å². The molecule has 1 atom stereocenters. The molecule has 2 rings (SSSR count). The topological polar surface area (TPSA) is 65.1 Å². The maximum absolute atomic E-state index is 13.9. The molecule has 0 aliphatic heterocycles. The van der Waals surface area contributed by atoms with Crippen molar-refractivity contribution in [1.82, 2.24) is 4.90 Å². The van der Waals surface area contributed by atoms with Crippen molar-refractivity contribution in [3.05, 3.63) is 69.7 Å². The molecule has 0 N–H and O–H groups in total. The molecule has 0 heterocycles. The Morgan fingerprint density at radius 2 is 1.53 bits per heavy atom. The number of ether oxygens (including phenoxy) is 3. The molecule has 0 spiro atoms. The number of hydrogen-bond acceptors (Lipinski definition) is 5. The summed E-state index contributed by atoms with van der Waals surface area (Å²) in [5.41, 5.74) is 0.411. The van der Waals surface area contributed by atoms with Crippen molar-refractivity contribution < 1.29 is 23.8 Å². The predicted octanol–water partition coefficient (Wildman–Crippen LogP) is 5.02. The summed E-state index contributed by atoms with van der Waals surface area (Å²) >= 11 is 12.5. The van der Waals surface area contributed by atoms with Gasteiger partial charge in [0.25, 0.3) is 0 Å². The van der Waals surface area contributed by atoms with E-state index in [9.17, 15) is 9.59 Å². The lowest BCUT2D eigenvalue weighted by atomic mass is 9.88. The molecule has 174 valence electrons. The van der Waals surface area contributed by atoms with Crippen molar-refractivity contribution in [3.63, 3.8) is 0 Å². The van der Waals surface area contributed by atoms with Gasteiger partial charge in [-0.15, -0.1) is 0 Å². The van der Waals surface area contributed by atoms with Crippen LogP contribution in [-0.2, 0) is 29.3 Å². The fraction of sp³-hybridized carbons (Fsp3) is 0.417. The molecule has 1 unspecified atom stereocenters. The zero-order chi connectivity index (χ0) is 23.9. The number of amides is 1. The van der Waals surface area contributed by atoms with Gasteiger partial charge in [0.15, 0.2) is 12.2 Å². The minimum atomic E-state index is -1.13. The number of carbonyl (C=O) groups is 2. The van der Waals surface area contributed by atoms with E-state index in [0.717, 1.165) is 5.56 Å². The van der Waals surface area contributed by atoms with E-state index >= 15 is 0 Å². The summed E-state index contributed by atoms with van der Waals surface area (Å²) < 4.78 is 15.6. The number of benzene rings is 2. The first-order chi connectivity index (χ1) is 15.1. The van der Waals surface area contributed by atoms with Crippen LogP contribution in [0, 0.1) is 0 Å². The highest BCUT2D eigenvalue weighted by atomic mass is 35.5. The number of hydrogen-bond donors (Lipinski definition) is 0. The van der Waals surface area contributed by atoms with Crippen molar-refractivity contribution in [2.75, 3.05) is 27.9 Å². The summed E-state index contributed by atoms with van der Waals surface area (Å²) in [4.78, 5) is 28.2. The van der Waals surface area contributed by atoms with E-state index in [1.54, 1.807) is 47.4 Å². The summed E-state index contributed by atoms with van der Waals surface area (Å²) in [6.45, 7) is 4.00. The second-order valence-electron chi connectivity index (χ2n) is 7.76. The first-order valence-electron chi connectivity index (χ1n) is 10.1. The lowest BCUT2D eigenvalue weighted by Gasteiger charge is -2.41. The van der Waals surface area contributed by atoms with Gasteiger partial charge in [-0.05, 0) is 43.2 Å². The molecule has 2 aromatic carbocycles. The molecular weight excluding hydrogens is 453 g/mol. The van der Waals surface area contributed by atoms with Crippen LogP contribution in [0.3, 0.4) is 0 Å². The first kappa shape index (κ1) is 26.1. The van der Waals surface area contributed by atoms with Crippen molar-refractivity contribution in [3.8, 4) is 0 Å². The highest BCUT2D eigenvalue weighted by molar-refractivity contribution is 6.34. The Hall–Kier alpha value is -2.12. The molecule has 0 radical (unpaired) electrons. The molecule has 0 saturated carbocycles. The minimum Gasteiger partial charge on any atom is -0.468 e. The molecule has 0 fully saturated rings. The van der Waals surface area contributed by atoms with E-state index in [1.165, 1.54) is 21.3 Å². The molecule has 0 aromatic heterocycles. The fourth-order valence-electron chi connectivity index (χ4n) is 3.59. The lowest BCUT2D eigenvalue weighted by molar-refractivity contribution is -0.153. The molecule has 1 amide bonds. The normalized spacial score (nSPS) is 12.5. The quantitative estimate of drug-likeness (QED) is 0.270. The zero-order valence-corrected chi connectivity index (χ0v) is 20.4. The first-order valence-corrected chi connectivity index (χ1v) is 10.9. The Morgan fingerprint density at radius 3 is 2.03 bits per heavy atom. The monoisotopic (exact) mass is 481 g/mol. The third-order valence-corrected chi connectivity index (χ3v) is 5.88. The van der Waals surface area contributed by atoms with Gasteiger partial charge in [-0.1, -0.05) is 53.5 Å². The van der Waals surface area contributed by atoms with E-state index in [2.05, 4.69) is 0 Å². The lowest BCUT2D eigenvalue weighted by Crippen LogP contribution is -2.50. The van der Waals surface area contributed by atoms with Gasteiger partial charge in [-0.3, -0.25) is 9.59 Å². The maximum atomic E-state index is 13.9. The van der Waals surface area contributed by atoms with Crippen LogP contribution in [0.25, 0.3) is 0 Å². The Kier molecular flexibility index (Phi) is 9.52. The summed E-state index contributed by atoms with van der Waals surface area (Å²) in [5.74, 6) is -2.17. The minimum absolute atomic E-state index is 0.253. The van der Waals surface area contributed by atoms with Gasteiger partial charge in [-0.2, -0.15) is 0 Å². The Balaban J connectivity index is 2.55. The second-order valence-corrected chi connectivity index (χ2v) is 8.64. The third kappa shape index (κ3) is 6.23. The van der Waals surface area contributed by atoms with Gasteiger partial charge >= 0.3 is 5.97 Å². The number of carbonyl (C=O) groups excluding carboxylic acids is 2. The van der Waals surface area contributed by atoms with Crippen molar-refractivity contribution in [1.29, 1.82) is 0 Å². The highest BCUT2D eigenvalue weighted by Gasteiger charge is 2.40. The van der Waals surface area contributed by atoms with E-state index in [0.29, 0.717) is 22.0 Å². The van der Waals surface area contributed by atoms with E-state index < -0.39 is 29.6 Å². The summed E-state index contributed by atoms with van der Waals surface area (Å²) in [6.07, 6.45) is -0.128. The third-order valence-electron chi connectivity index (χ3n) is 5.44. The van der Waals surface area contributed by atoms with E-state index in [1.807, 2.05) is 19.9 Å². The molecular formula is C24H29Cl2NO5. The number of halogens is 2. The molecule has 2 aromatic rings. The molecule has 6 nitrogen and oxygen atoms in total. The van der Waals surface area contributed by atoms with Gasteiger partial charge < -0.3 is 19.1 Å². The summed E-state index contributed by atoms with van der Waals surface area (Å²) in [6, 6.07) is 14.0. The SMILES string of the molecule is COC(=O)C(C(=O)N(CCC(OC)OC)C(C)(C)c1cc(Cl)cc(Cl)c1)c1ccccc1. The van der Waals surface area contributed by atoms with Gasteiger partial charge in [0.2, 0.25) is 5.91 Å². The zero-order valence-electron chi connectivity index (χ0n) is 18.9. The van der Waals surface area contributed by atoms with E-state index in [4.69, 9.17) is 37.4 Å². The van der Waals surface area contributed by atoms with Crippen LogP contribution >= 0.6 is 23.2 Å². The molecule has 0 aliphatic rings. The fourth-order valence-corrected chi connectivity index (χ4v) is 4.12. The van der Waals surface area contributed by atoms with E-state index in [-0.39, 0.29) is 6.54 Å². The standard InChI is InChI=1S/C24H29Cl2NO5/c1-24(2,17-13-18(25)15-19(26)14-17)27(12-11-20(30-3)31-4)22(28)21(23(29)32-5)16-9-7-6-8-10-16/h6-10,13-15,20-21H,11-12H2,1-5H3. The summed E-state index contributed by atoms with van der Waals surface area (Å²) in [7, 11) is 4.33. The van der Waals surface area contributed by atoms with Crippen molar-refractivity contribution in [2.24, 2.45) is 0 Å². The van der Waals surface area contributed by atoms with Crippen molar-refractivity contribution in [2.45, 2.75) is 38.0 Å². The van der Waals surface area contributed by atoms with Crippen LogP contribution < -0.4 is 0 Å². The maximum Gasteiger partial charge on any atom is 0.322 e. The van der Waals surface area contributed by atoms with Gasteiger partial charge in [0, 0.05) is 37.2 Å². The Labute approximate surface area is 199 Å². The van der Waals surface area contributed by atoms with Crippen molar-refractivity contribution >= 4 is 35.1 Å². The molecule has 32 heavy (non-hydrogen) atoms. The molecule has 0 saturated heterocycles. The predicted molar refractivity (Wildman–Crippen MR) is 125 cm³/mol. The van der Waals surface area contributed by atoms with Gasteiger partial charge in [-0.25, -0.2) is 0 Å². The average Bonchev–Trinajstić information content (AvgIpc) is 2.76. The molecule has 0 bridgehead atoms. The van der Waals surface area contributed by atoms with Gasteiger partial charge in [0.1, 0.15) is 0 Å². The second kappa shape index (κ2) is 11.7. The van der Waals surface area contributed by atoms with Crippen LogP contribution in [-0.4, -0.2) is 50.9 Å². The average molecular weight is 482 g/mol. The number of esters is 1. The highest BCUT2D eigenvalue weighted by Crippen LogP contribution is 2.35. The number of methoxy groups -OCH3 is 3. The summed E-state index contributed by atoms with van der Waals surface area (Å²) in [5, 5.41) is 0.902. The number of rotatable bonds is 10. The van der Waals surface area contributed by atoms with Crippen LogP contribution in [0.4, 0.5) is 0 Å². The smallest absolute Gasteiger partial charge is 0.322 e. The van der Waals surface area contributed by atoms with Crippen LogP contribution in [0.5, 0.6) is 0 Å². The van der Waals surface area contributed by atoms with Gasteiger partial charge in [0.05, 0.1) is 12.6 Å². The number of nitrogens with zero attached hydrogens (tertiary/aromatic N) is 1. The molecule has 0 aliphatic carbocycles. The van der Waals surface area contributed by atoms with Crippen LogP contribution in [0.15, 0.2) is 48.5 Å². The Bertz CT molecular complexity index is 896. The largest absolute Gasteiger partial charge is 0.468 e.